The number of hydrogen-bond donors (Lipinski definition) is 1. The molecule has 0 bridgehead atoms. The van der Waals surface area contributed by atoms with Crippen LogP contribution in [0.15, 0.2) is 22.7 Å². The van der Waals surface area contributed by atoms with Gasteiger partial charge in [-0.05, 0) is 37.6 Å². The van der Waals surface area contributed by atoms with Gasteiger partial charge in [0.25, 0.3) is 0 Å². The molecule has 0 heterocycles. The summed E-state index contributed by atoms with van der Waals surface area (Å²) >= 11 is 3.36. The molecule has 0 saturated carbocycles. The van der Waals surface area contributed by atoms with Crippen molar-refractivity contribution in [3.63, 3.8) is 0 Å². The van der Waals surface area contributed by atoms with E-state index in [1.165, 1.54) is 4.90 Å². The van der Waals surface area contributed by atoms with Crippen LogP contribution in [0.1, 0.15) is 38.8 Å². The van der Waals surface area contributed by atoms with Crippen LogP contribution >= 0.6 is 15.9 Å². The van der Waals surface area contributed by atoms with Crippen LogP contribution in [0.4, 0.5) is 18.9 Å². The fraction of sp³-hybridized carbons (Fsp3) is 0.600. The SMILES string of the molecule is CCCN(CC(F)(F)F)c1cc(Br)ccc1C(C)NCC. The van der Waals surface area contributed by atoms with Crippen molar-refractivity contribution in [2.45, 2.75) is 39.4 Å². The maximum Gasteiger partial charge on any atom is 0.405 e. The van der Waals surface area contributed by atoms with Crippen molar-refractivity contribution in [1.82, 2.24) is 5.32 Å². The molecule has 0 aromatic heterocycles. The Kier molecular flexibility index (Phi) is 7.00. The molecule has 1 N–H and O–H groups in total. The number of alkyl halides is 3. The first-order chi connectivity index (χ1) is 9.78. The van der Waals surface area contributed by atoms with Crippen molar-refractivity contribution in [3.8, 4) is 0 Å². The minimum Gasteiger partial charge on any atom is -0.362 e. The van der Waals surface area contributed by atoms with Gasteiger partial charge in [0.15, 0.2) is 0 Å². The Balaban J connectivity index is 3.18. The number of hydrogen-bond acceptors (Lipinski definition) is 2. The lowest BCUT2D eigenvalue weighted by Gasteiger charge is -2.30. The maximum absolute atomic E-state index is 12.8. The summed E-state index contributed by atoms with van der Waals surface area (Å²) in [4.78, 5) is 1.41. The molecule has 0 aliphatic carbocycles. The van der Waals surface area contributed by atoms with Crippen LogP contribution in [0.25, 0.3) is 0 Å². The van der Waals surface area contributed by atoms with Crippen LogP contribution in [-0.4, -0.2) is 25.8 Å². The molecule has 0 radical (unpaired) electrons. The second-order valence-corrected chi connectivity index (χ2v) is 5.93. The first-order valence-corrected chi connectivity index (χ1v) is 7.92. The molecule has 2 nitrogen and oxygen atoms in total. The molecule has 0 aliphatic heterocycles. The van der Waals surface area contributed by atoms with Gasteiger partial charge in [0.05, 0.1) is 0 Å². The number of halogens is 4. The zero-order valence-electron chi connectivity index (χ0n) is 12.6. The molecule has 0 amide bonds. The molecule has 0 saturated heterocycles. The summed E-state index contributed by atoms with van der Waals surface area (Å²) in [6.07, 6.45) is -3.55. The summed E-state index contributed by atoms with van der Waals surface area (Å²) in [5.41, 5.74) is 1.52. The Bertz CT molecular complexity index is 449. The molecule has 120 valence electrons. The van der Waals surface area contributed by atoms with Crippen LogP contribution in [-0.2, 0) is 0 Å². The lowest BCUT2D eigenvalue weighted by Crippen LogP contribution is -2.36. The quantitative estimate of drug-likeness (QED) is 0.738. The van der Waals surface area contributed by atoms with Crippen LogP contribution < -0.4 is 10.2 Å². The van der Waals surface area contributed by atoms with E-state index < -0.39 is 12.7 Å². The minimum absolute atomic E-state index is 0.00527. The summed E-state index contributed by atoms with van der Waals surface area (Å²) in [6, 6.07) is 5.52. The van der Waals surface area contributed by atoms with Gasteiger partial charge in [0.1, 0.15) is 6.54 Å². The van der Waals surface area contributed by atoms with Gasteiger partial charge in [-0.25, -0.2) is 0 Å². The van der Waals surface area contributed by atoms with Gasteiger partial charge >= 0.3 is 6.18 Å². The first-order valence-electron chi connectivity index (χ1n) is 7.13. The van der Waals surface area contributed by atoms with Crippen molar-refractivity contribution in [2.75, 3.05) is 24.5 Å². The number of nitrogens with one attached hydrogen (secondary N) is 1. The molecular formula is C15H22BrF3N2. The number of anilines is 1. The summed E-state index contributed by atoms with van der Waals surface area (Å²) in [5, 5.41) is 3.26. The summed E-state index contributed by atoms with van der Waals surface area (Å²) in [5.74, 6) is 0. The van der Waals surface area contributed by atoms with Crippen molar-refractivity contribution in [3.05, 3.63) is 28.2 Å². The van der Waals surface area contributed by atoms with E-state index in [2.05, 4.69) is 21.2 Å². The summed E-state index contributed by atoms with van der Waals surface area (Å²) in [7, 11) is 0. The number of nitrogens with zero attached hydrogens (tertiary/aromatic N) is 1. The van der Waals surface area contributed by atoms with Gasteiger partial charge < -0.3 is 10.2 Å². The third kappa shape index (κ3) is 5.87. The molecule has 1 aromatic rings. The van der Waals surface area contributed by atoms with Crippen molar-refractivity contribution < 1.29 is 13.2 Å². The minimum atomic E-state index is -4.21. The van der Waals surface area contributed by atoms with Gasteiger partial charge in [-0.2, -0.15) is 13.2 Å². The van der Waals surface area contributed by atoms with E-state index in [1.54, 1.807) is 6.07 Å². The van der Waals surface area contributed by atoms with E-state index in [9.17, 15) is 13.2 Å². The average Bonchev–Trinajstić information content (AvgIpc) is 2.36. The lowest BCUT2D eigenvalue weighted by atomic mass is 10.0. The highest BCUT2D eigenvalue weighted by Gasteiger charge is 2.31. The third-order valence-corrected chi connectivity index (χ3v) is 3.67. The largest absolute Gasteiger partial charge is 0.405 e. The molecule has 0 aliphatic rings. The number of benzene rings is 1. The Labute approximate surface area is 132 Å². The molecule has 1 aromatic carbocycles. The Morgan fingerprint density at radius 3 is 2.48 bits per heavy atom. The third-order valence-electron chi connectivity index (χ3n) is 3.17. The highest BCUT2D eigenvalue weighted by molar-refractivity contribution is 9.10. The van der Waals surface area contributed by atoms with Crippen molar-refractivity contribution in [2.24, 2.45) is 0 Å². The highest BCUT2D eigenvalue weighted by atomic mass is 79.9. The van der Waals surface area contributed by atoms with Crippen molar-refractivity contribution in [1.29, 1.82) is 0 Å². The van der Waals surface area contributed by atoms with E-state index in [0.29, 0.717) is 18.7 Å². The first kappa shape index (κ1) is 18.3. The molecule has 21 heavy (non-hydrogen) atoms. The molecule has 1 rings (SSSR count). The Hall–Kier alpha value is -0.750. The van der Waals surface area contributed by atoms with E-state index in [1.807, 2.05) is 32.9 Å². The topological polar surface area (TPSA) is 15.3 Å². The zero-order valence-corrected chi connectivity index (χ0v) is 14.2. The molecule has 0 spiro atoms. The number of rotatable bonds is 7. The van der Waals surface area contributed by atoms with Crippen LogP contribution in [0.3, 0.4) is 0 Å². The zero-order chi connectivity index (χ0) is 16.0. The van der Waals surface area contributed by atoms with E-state index in [0.717, 1.165) is 16.6 Å². The van der Waals surface area contributed by atoms with E-state index >= 15 is 0 Å². The second kappa shape index (κ2) is 8.03. The average molecular weight is 367 g/mol. The van der Waals surface area contributed by atoms with E-state index in [4.69, 9.17) is 0 Å². The molecular weight excluding hydrogens is 345 g/mol. The lowest BCUT2D eigenvalue weighted by molar-refractivity contribution is -0.119. The van der Waals surface area contributed by atoms with Gasteiger partial charge in [-0.1, -0.05) is 35.8 Å². The van der Waals surface area contributed by atoms with Gasteiger partial charge in [-0.15, -0.1) is 0 Å². The predicted molar refractivity (Wildman–Crippen MR) is 84.8 cm³/mol. The fourth-order valence-electron chi connectivity index (χ4n) is 2.34. The Morgan fingerprint density at radius 1 is 1.29 bits per heavy atom. The second-order valence-electron chi connectivity index (χ2n) is 5.02. The van der Waals surface area contributed by atoms with Crippen LogP contribution in [0.2, 0.25) is 0 Å². The molecule has 1 atom stereocenters. The summed E-state index contributed by atoms with van der Waals surface area (Å²) < 4.78 is 39.3. The van der Waals surface area contributed by atoms with Gasteiger partial charge in [-0.3, -0.25) is 0 Å². The fourth-order valence-corrected chi connectivity index (χ4v) is 2.69. The molecule has 6 heteroatoms. The van der Waals surface area contributed by atoms with Crippen molar-refractivity contribution >= 4 is 21.6 Å². The molecule has 1 unspecified atom stereocenters. The molecule has 0 fully saturated rings. The predicted octanol–water partition coefficient (Wildman–Crippen LogP) is 4.90. The van der Waals surface area contributed by atoms with Gasteiger partial charge in [0.2, 0.25) is 0 Å². The highest BCUT2D eigenvalue weighted by Crippen LogP contribution is 2.32. The maximum atomic E-state index is 12.8. The van der Waals surface area contributed by atoms with Crippen LogP contribution in [0.5, 0.6) is 0 Å². The Morgan fingerprint density at radius 2 is 1.95 bits per heavy atom. The standard InChI is InChI=1S/C15H22BrF3N2/c1-4-8-21(10-15(17,18)19)14-9-12(16)6-7-13(14)11(3)20-5-2/h6-7,9,11,20H,4-5,8,10H2,1-3H3. The van der Waals surface area contributed by atoms with Crippen LogP contribution in [0, 0.1) is 0 Å². The summed E-state index contributed by atoms with van der Waals surface area (Å²) in [6.45, 7) is 6.05. The monoisotopic (exact) mass is 366 g/mol. The van der Waals surface area contributed by atoms with E-state index in [-0.39, 0.29) is 6.04 Å². The van der Waals surface area contributed by atoms with Gasteiger partial charge in [0, 0.05) is 22.7 Å². The smallest absolute Gasteiger partial charge is 0.362 e. The normalized spacial score (nSPS) is 13.3.